The van der Waals surface area contributed by atoms with E-state index in [1.54, 1.807) is 0 Å². The zero-order valence-corrected chi connectivity index (χ0v) is 21.3. The van der Waals surface area contributed by atoms with Crippen molar-refractivity contribution in [3.8, 4) is 0 Å². The summed E-state index contributed by atoms with van der Waals surface area (Å²) >= 11 is 0. The van der Waals surface area contributed by atoms with Crippen LogP contribution in [0.15, 0.2) is 0 Å². The molecule has 0 bridgehead atoms. The van der Waals surface area contributed by atoms with Gasteiger partial charge in [-0.15, -0.1) is 0 Å². The van der Waals surface area contributed by atoms with E-state index in [9.17, 15) is 0 Å². The molecule has 188 valence electrons. The summed E-state index contributed by atoms with van der Waals surface area (Å²) in [7, 11) is 0. The quantitative estimate of drug-likeness (QED) is 0.141. The maximum absolute atomic E-state index is 6.38. The fourth-order valence-corrected chi connectivity index (χ4v) is 3.20. The Bertz CT molecular complexity index is 269. The fraction of sp³-hybridized carbons (Fsp3) is 1.00. The molecular weight excluding hydrogens is 392 g/mol. The number of unbranched alkanes of at least 4 members (excludes halogenated alkanes) is 8. The van der Waals surface area contributed by atoms with Gasteiger partial charge in [-0.3, -0.25) is 0 Å². The number of ether oxygens (including phenoxy) is 5. The summed E-state index contributed by atoms with van der Waals surface area (Å²) in [4.78, 5) is 0. The molecule has 5 heteroatoms. The lowest BCUT2D eigenvalue weighted by Gasteiger charge is -2.25. The Hall–Kier alpha value is -0.200. The van der Waals surface area contributed by atoms with Gasteiger partial charge in [-0.05, 0) is 25.7 Å². The summed E-state index contributed by atoms with van der Waals surface area (Å²) in [5.74, 6) is 0. The van der Waals surface area contributed by atoms with Crippen molar-refractivity contribution in [1.29, 1.82) is 0 Å². The molecule has 0 spiro atoms. The standard InChI is InChI=1S/C26H54O5/c1-5-9-13-17-27-21-25(22-28-18-14-10-6-2)31-26(23-29-19-15-11-7-3)24-30-20-16-12-8-4/h25-26H,5-24H2,1-4H3. The van der Waals surface area contributed by atoms with Crippen LogP contribution in [0.1, 0.15) is 105 Å². The van der Waals surface area contributed by atoms with E-state index in [0.717, 1.165) is 52.1 Å². The summed E-state index contributed by atoms with van der Waals surface area (Å²) in [6.07, 6.45) is 13.9. The third-order valence-electron chi connectivity index (χ3n) is 5.17. The first-order valence-corrected chi connectivity index (χ1v) is 13.2. The first-order chi connectivity index (χ1) is 15.3. The zero-order valence-electron chi connectivity index (χ0n) is 21.3. The van der Waals surface area contributed by atoms with Gasteiger partial charge in [0, 0.05) is 26.4 Å². The van der Waals surface area contributed by atoms with E-state index in [1.807, 2.05) is 0 Å². The molecule has 0 N–H and O–H groups in total. The largest absolute Gasteiger partial charge is 0.379 e. The van der Waals surface area contributed by atoms with Crippen molar-refractivity contribution >= 4 is 0 Å². The van der Waals surface area contributed by atoms with E-state index >= 15 is 0 Å². The van der Waals surface area contributed by atoms with Crippen LogP contribution in [-0.2, 0) is 23.7 Å². The van der Waals surface area contributed by atoms with Crippen molar-refractivity contribution in [3.63, 3.8) is 0 Å². The second-order valence-corrected chi connectivity index (χ2v) is 8.51. The van der Waals surface area contributed by atoms with Gasteiger partial charge in [-0.1, -0.05) is 79.1 Å². The summed E-state index contributed by atoms with van der Waals surface area (Å²) in [5.41, 5.74) is 0. The van der Waals surface area contributed by atoms with Crippen LogP contribution < -0.4 is 0 Å². The van der Waals surface area contributed by atoms with E-state index in [2.05, 4.69) is 27.7 Å². The van der Waals surface area contributed by atoms with Gasteiger partial charge in [0.25, 0.3) is 0 Å². The molecule has 0 atom stereocenters. The van der Waals surface area contributed by atoms with Crippen molar-refractivity contribution in [2.45, 2.75) is 117 Å². The maximum Gasteiger partial charge on any atom is 0.105 e. The normalized spacial score (nSPS) is 11.8. The Morgan fingerprint density at radius 2 is 0.645 bits per heavy atom. The van der Waals surface area contributed by atoms with Crippen LogP contribution in [0, 0.1) is 0 Å². The summed E-state index contributed by atoms with van der Waals surface area (Å²) in [6, 6.07) is 0. The number of hydrogen-bond donors (Lipinski definition) is 0. The minimum absolute atomic E-state index is 0.0771. The van der Waals surface area contributed by atoms with E-state index < -0.39 is 0 Å². The van der Waals surface area contributed by atoms with Crippen LogP contribution >= 0.6 is 0 Å². The number of hydrogen-bond acceptors (Lipinski definition) is 5. The van der Waals surface area contributed by atoms with Crippen molar-refractivity contribution in [2.24, 2.45) is 0 Å². The van der Waals surface area contributed by atoms with Crippen molar-refractivity contribution in [3.05, 3.63) is 0 Å². The van der Waals surface area contributed by atoms with Crippen LogP contribution in [0.25, 0.3) is 0 Å². The molecule has 0 saturated heterocycles. The molecule has 0 amide bonds. The first kappa shape index (κ1) is 30.8. The van der Waals surface area contributed by atoms with Crippen LogP contribution in [0.4, 0.5) is 0 Å². The van der Waals surface area contributed by atoms with Gasteiger partial charge in [-0.2, -0.15) is 0 Å². The molecule has 0 aromatic rings. The number of rotatable bonds is 26. The Balaban J connectivity index is 4.51. The van der Waals surface area contributed by atoms with Crippen LogP contribution in [-0.4, -0.2) is 65.1 Å². The third-order valence-corrected chi connectivity index (χ3v) is 5.17. The zero-order chi connectivity index (χ0) is 22.8. The molecule has 0 unspecified atom stereocenters. The van der Waals surface area contributed by atoms with E-state index in [-0.39, 0.29) is 12.2 Å². The third kappa shape index (κ3) is 22.8. The Morgan fingerprint density at radius 3 is 0.871 bits per heavy atom. The highest BCUT2D eigenvalue weighted by Gasteiger charge is 2.18. The van der Waals surface area contributed by atoms with Gasteiger partial charge in [0.15, 0.2) is 0 Å². The predicted molar refractivity (Wildman–Crippen MR) is 130 cm³/mol. The van der Waals surface area contributed by atoms with Crippen LogP contribution in [0.2, 0.25) is 0 Å². The highest BCUT2D eigenvalue weighted by Crippen LogP contribution is 2.07. The average Bonchev–Trinajstić information content (AvgIpc) is 2.77. The summed E-state index contributed by atoms with van der Waals surface area (Å²) in [6.45, 7) is 14.3. The lowest BCUT2D eigenvalue weighted by atomic mass is 10.2. The molecule has 31 heavy (non-hydrogen) atoms. The van der Waals surface area contributed by atoms with Crippen molar-refractivity contribution in [2.75, 3.05) is 52.9 Å². The molecule has 0 fully saturated rings. The maximum atomic E-state index is 6.38. The van der Waals surface area contributed by atoms with Gasteiger partial charge < -0.3 is 23.7 Å². The van der Waals surface area contributed by atoms with Gasteiger partial charge in [-0.25, -0.2) is 0 Å². The first-order valence-electron chi connectivity index (χ1n) is 13.2. The topological polar surface area (TPSA) is 46.2 Å². The minimum Gasteiger partial charge on any atom is -0.379 e. The molecule has 0 rings (SSSR count). The van der Waals surface area contributed by atoms with Gasteiger partial charge in [0.05, 0.1) is 26.4 Å². The smallest absolute Gasteiger partial charge is 0.105 e. The van der Waals surface area contributed by atoms with Crippen molar-refractivity contribution in [1.82, 2.24) is 0 Å². The molecule has 0 aromatic carbocycles. The Morgan fingerprint density at radius 1 is 0.387 bits per heavy atom. The minimum atomic E-state index is -0.0771. The second kappa shape index (κ2) is 26.1. The fourth-order valence-electron chi connectivity index (χ4n) is 3.20. The Labute approximate surface area is 193 Å². The summed E-state index contributed by atoms with van der Waals surface area (Å²) in [5, 5.41) is 0. The molecule has 0 radical (unpaired) electrons. The van der Waals surface area contributed by atoms with Crippen LogP contribution in [0.5, 0.6) is 0 Å². The molecule has 0 aromatic heterocycles. The Kier molecular flexibility index (Phi) is 25.9. The molecule has 0 aliphatic rings. The van der Waals surface area contributed by atoms with E-state index in [4.69, 9.17) is 23.7 Å². The highest BCUT2D eigenvalue weighted by atomic mass is 16.6. The lowest BCUT2D eigenvalue weighted by molar-refractivity contribution is -0.131. The van der Waals surface area contributed by atoms with E-state index in [1.165, 1.54) is 51.4 Å². The van der Waals surface area contributed by atoms with Crippen LogP contribution in [0.3, 0.4) is 0 Å². The van der Waals surface area contributed by atoms with Gasteiger partial charge in [0.1, 0.15) is 12.2 Å². The monoisotopic (exact) mass is 446 g/mol. The molecule has 0 aliphatic carbocycles. The molecular formula is C26H54O5. The van der Waals surface area contributed by atoms with E-state index in [0.29, 0.717) is 26.4 Å². The predicted octanol–water partition coefficient (Wildman–Crippen LogP) is 6.57. The highest BCUT2D eigenvalue weighted by molar-refractivity contribution is 4.64. The molecule has 5 nitrogen and oxygen atoms in total. The second-order valence-electron chi connectivity index (χ2n) is 8.51. The van der Waals surface area contributed by atoms with Crippen molar-refractivity contribution < 1.29 is 23.7 Å². The SMILES string of the molecule is CCCCCOCC(COCCCCC)OC(COCCCCC)COCCCCC. The molecule has 0 saturated carbocycles. The van der Waals surface area contributed by atoms with Gasteiger partial charge >= 0.3 is 0 Å². The lowest BCUT2D eigenvalue weighted by Crippen LogP contribution is -2.36. The van der Waals surface area contributed by atoms with Gasteiger partial charge in [0.2, 0.25) is 0 Å². The average molecular weight is 447 g/mol. The summed E-state index contributed by atoms with van der Waals surface area (Å²) < 4.78 is 30.0. The molecule has 0 aliphatic heterocycles. The molecule has 0 heterocycles.